The summed E-state index contributed by atoms with van der Waals surface area (Å²) in [6.07, 6.45) is 2.85. The van der Waals surface area contributed by atoms with Crippen molar-refractivity contribution < 1.29 is 27.2 Å². The number of nitrogens with one attached hydrogen (secondary N) is 2. The fourth-order valence-electron chi connectivity index (χ4n) is 3.84. The molecule has 2 amide bonds. The molecule has 3 aromatic rings. The molecule has 14 heteroatoms. The molecule has 1 aliphatic heterocycles. The molecule has 1 fully saturated rings. The number of amides is 2. The first-order chi connectivity index (χ1) is 19.1. The van der Waals surface area contributed by atoms with Gasteiger partial charge >= 0.3 is 11.8 Å². The van der Waals surface area contributed by atoms with E-state index in [1.165, 1.54) is 34.8 Å². The van der Waals surface area contributed by atoms with E-state index in [-0.39, 0.29) is 36.4 Å². The molecule has 4 rings (SSSR count). The van der Waals surface area contributed by atoms with Crippen molar-refractivity contribution in [3.05, 3.63) is 86.7 Å². The van der Waals surface area contributed by atoms with Gasteiger partial charge in [-0.15, -0.1) is 0 Å². The minimum atomic E-state index is -3.98. The van der Waals surface area contributed by atoms with Gasteiger partial charge in [-0.05, 0) is 66.9 Å². The van der Waals surface area contributed by atoms with Gasteiger partial charge in [0.2, 0.25) is 10.0 Å². The highest BCUT2D eigenvalue weighted by molar-refractivity contribution is 7.89. The van der Waals surface area contributed by atoms with Gasteiger partial charge in [0.25, 0.3) is 0 Å². The minimum absolute atomic E-state index is 0.0248. The number of hydrogen-bond donors (Lipinski definition) is 2. The van der Waals surface area contributed by atoms with Crippen molar-refractivity contribution in [1.29, 1.82) is 0 Å². The lowest BCUT2D eigenvalue weighted by Gasteiger charge is -2.22. The van der Waals surface area contributed by atoms with Crippen LogP contribution in [0.2, 0.25) is 15.1 Å². The molecule has 2 aromatic carbocycles. The van der Waals surface area contributed by atoms with E-state index in [1.807, 2.05) is 0 Å². The number of carbonyl (C=O) groups excluding carboxylic acids is 2. The predicted molar refractivity (Wildman–Crippen MR) is 151 cm³/mol. The molecular weight excluding hydrogens is 603 g/mol. The zero-order valence-corrected chi connectivity index (χ0v) is 24.1. The number of ether oxygens (including phenoxy) is 1. The Morgan fingerprint density at radius 3 is 2.48 bits per heavy atom. The van der Waals surface area contributed by atoms with Crippen molar-refractivity contribution in [2.24, 2.45) is 5.10 Å². The van der Waals surface area contributed by atoms with Crippen LogP contribution in [0.4, 0.5) is 0 Å². The first-order valence-corrected chi connectivity index (χ1v) is 14.7. The lowest BCUT2D eigenvalue weighted by molar-refractivity contribution is -0.139. The zero-order chi connectivity index (χ0) is 28.7. The van der Waals surface area contributed by atoms with E-state index in [2.05, 4.69) is 15.8 Å². The van der Waals surface area contributed by atoms with Gasteiger partial charge in [0.1, 0.15) is 11.5 Å². The van der Waals surface area contributed by atoms with Crippen molar-refractivity contribution in [2.45, 2.75) is 36.9 Å². The Bertz CT molecular complexity index is 1490. The molecule has 1 saturated heterocycles. The van der Waals surface area contributed by atoms with Gasteiger partial charge in [0, 0.05) is 24.7 Å². The van der Waals surface area contributed by atoms with Crippen molar-refractivity contribution >= 4 is 62.9 Å². The molecule has 212 valence electrons. The molecule has 0 spiro atoms. The Kier molecular flexibility index (Phi) is 10.2. The van der Waals surface area contributed by atoms with E-state index in [1.54, 1.807) is 30.3 Å². The summed E-state index contributed by atoms with van der Waals surface area (Å²) in [6, 6.07) is 13.8. The Morgan fingerprint density at radius 1 is 1.00 bits per heavy atom. The Hall–Kier alpha value is -2.93. The Balaban J connectivity index is 1.43. The van der Waals surface area contributed by atoms with E-state index in [4.69, 9.17) is 44.0 Å². The van der Waals surface area contributed by atoms with Crippen LogP contribution in [0.25, 0.3) is 0 Å². The summed E-state index contributed by atoms with van der Waals surface area (Å²) in [4.78, 5) is 23.9. The van der Waals surface area contributed by atoms with Gasteiger partial charge in [0.15, 0.2) is 0 Å². The normalized spacial score (nSPS) is 15.6. The first-order valence-electron chi connectivity index (χ1n) is 12.1. The molecule has 1 aliphatic rings. The molecule has 0 saturated carbocycles. The zero-order valence-electron chi connectivity index (χ0n) is 21.0. The molecule has 0 unspecified atom stereocenters. The lowest BCUT2D eigenvalue weighted by Crippen LogP contribution is -2.41. The highest BCUT2D eigenvalue weighted by Crippen LogP contribution is 2.27. The summed E-state index contributed by atoms with van der Waals surface area (Å²) in [7, 11) is -3.98. The average Bonchev–Trinajstić information content (AvgIpc) is 3.61. The second kappa shape index (κ2) is 13.6. The van der Waals surface area contributed by atoms with E-state index < -0.39 is 21.8 Å². The molecule has 0 radical (unpaired) electrons. The van der Waals surface area contributed by atoms with Gasteiger partial charge in [0.05, 0.1) is 33.8 Å². The van der Waals surface area contributed by atoms with Crippen LogP contribution >= 0.6 is 34.8 Å². The second-order valence-electron chi connectivity index (χ2n) is 8.82. The number of rotatable bonds is 10. The Labute approximate surface area is 246 Å². The average molecular weight is 628 g/mol. The maximum atomic E-state index is 13.5. The Morgan fingerprint density at radius 2 is 1.77 bits per heavy atom. The van der Waals surface area contributed by atoms with Crippen molar-refractivity contribution in [3.8, 4) is 0 Å². The van der Waals surface area contributed by atoms with Crippen LogP contribution in [0, 0.1) is 0 Å². The van der Waals surface area contributed by atoms with E-state index in [9.17, 15) is 18.0 Å². The molecule has 10 nitrogen and oxygen atoms in total. The van der Waals surface area contributed by atoms with Gasteiger partial charge in [-0.3, -0.25) is 9.59 Å². The van der Waals surface area contributed by atoms with Crippen LogP contribution in [0.1, 0.15) is 29.9 Å². The summed E-state index contributed by atoms with van der Waals surface area (Å²) < 4.78 is 39.4. The molecule has 1 aromatic heterocycles. The number of hydrogen-bond acceptors (Lipinski definition) is 7. The monoisotopic (exact) mass is 626 g/mol. The summed E-state index contributed by atoms with van der Waals surface area (Å²) >= 11 is 18.1. The van der Waals surface area contributed by atoms with Gasteiger partial charge < -0.3 is 14.5 Å². The SMILES string of the molecule is O=C(NC[C@@H]1CCCO1)C(=O)N/N=C/c1ccc(CN(Cc2ccc(Cl)c(Cl)c2)S(=O)(=O)c2ccc(Cl)cc2)o1. The molecule has 2 heterocycles. The van der Waals surface area contributed by atoms with Gasteiger partial charge in [-0.25, -0.2) is 13.8 Å². The van der Waals surface area contributed by atoms with E-state index >= 15 is 0 Å². The van der Waals surface area contributed by atoms with Crippen LogP contribution in [0.15, 0.2) is 69.0 Å². The number of hydrazone groups is 1. The third-order valence-electron chi connectivity index (χ3n) is 5.89. The predicted octanol–water partition coefficient (Wildman–Crippen LogP) is 4.38. The largest absolute Gasteiger partial charge is 0.459 e. The number of furan rings is 1. The quantitative estimate of drug-likeness (QED) is 0.195. The van der Waals surface area contributed by atoms with Crippen LogP contribution in [-0.2, 0) is 37.4 Å². The van der Waals surface area contributed by atoms with Crippen LogP contribution in [-0.4, -0.2) is 50.0 Å². The van der Waals surface area contributed by atoms with Crippen molar-refractivity contribution in [3.63, 3.8) is 0 Å². The smallest absolute Gasteiger partial charge is 0.329 e. The number of benzene rings is 2. The maximum Gasteiger partial charge on any atom is 0.329 e. The highest BCUT2D eigenvalue weighted by atomic mass is 35.5. The number of halogens is 3. The summed E-state index contributed by atoms with van der Waals surface area (Å²) in [6.45, 7) is 0.734. The molecule has 2 N–H and O–H groups in total. The van der Waals surface area contributed by atoms with Crippen molar-refractivity contribution in [2.75, 3.05) is 13.2 Å². The topological polar surface area (TPSA) is 130 Å². The van der Waals surface area contributed by atoms with Crippen molar-refractivity contribution in [1.82, 2.24) is 15.0 Å². The third kappa shape index (κ3) is 8.06. The fourth-order valence-corrected chi connectivity index (χ4v) is 5.68. The van der Waals surface area contributed by atoms with Gasteiger partial charge in [-0.1, -0.05) is 40.9 Å². The molecule has 1 atom stereocenters. The molecule has 0 bridgehead atoms. The van der Waals surface area contributed by atoms with Gasteiger partial charge in [-0.2, -0.15) is 9.41 Å². The molecular formula is C26H25Cl3N4O6S. The number of carbonyl (C=O) groups is 2. The molecule has 0 aliphatic carbocycles. The second-order valence-corrected chi connectivity index (χ2v) is 12.0. The van der Waals surface area contributed by atoms with E-state index in [0.717, 1.165) is 12.8 Å². The van der Waals surface area contributed by atoms with Crippen LogP contribution in [0.3, 0.4) is 0 Å². The molecule has 40 heavy (non-hydrogen) atoms. The maximum absolute atomic E-state index is 13.5. The number of sulfonamides is 1. The minimum Gasteiger partial charge on any atom is -0.459 e. The van der Waals surface area contributed by atoms with E-state index in [0.29, 0.717) is 33.0 Å². The third-order valence-corrected chi connectivity index (χ3v) is 8.68. The van der Waals surface area contributed by atoms with Crippen LogP contribution < -0.4 is 10.7 Å². The summed E-state index contributed by atoms with van der Waals surface area (Å²) in [5.74, 6) is -1.24. The first kappa shape index (κ1) is 30.0. The fraction of sp³-hybridized carbons (Fsp3) is 0.269. The highest BCUT2D eigenvalue weighted by Gasteiger charge is 2.26. The lowest BCUT2D eigenvalue weighted by atomic mass is 10.2. The summed E-state index contributed by atoms with van der Waals surface area (Å²) in [5, 5.41) is 7.28. The number of nitrogens with zero attached hydrogens (tertiary/aromatic N) is 2. The standard InChI is InChI=1S/C26H25Cl3N4O6S/c27-18-4-8-22(9-5-18)40(36,37)33(15-17-3-10-23(28)24(29)12-17)16-21-7-6-20(39-21)14-31-32-26(35)25(34)30-13-19-2-1-11-38-19/h3-10,12,14,19H,1-2,11,13,15-16H2,(H,30,34)(H,32,35)/b31-14+/t19-/m0/s1. The summed E-state index contributed by atoms with van der Waals surface area (Å²) in [5.41, 5.74) is 2.74. The van der Waals surface area contributed by atoms with Crippen LogP contribution in [0.5, 0.6) is 0 Å².